The Labute approximate surface area is 89.4 Å². The van der Waals surface area contributed by atoms with Crippen molar-refractivity contribution in [2.45, 2.75) is 13.0 Å². The summed E-state index contributed by atoms with van der Waals surface area (Å²) in [6.07, 6.45) is 3.68. The largest absolute Gasteiger partial charge is 0.383 e. The van der Waals surface area contributed by atoms with Crippen molar-refractivity contribution in [2.75, 3.05) is 25.7 Å². The summed E-state index contributed by atoms with van der Waals surface area (Å²) in [4.78, 5) is 11.4. The maximum atomic E-state index is 11.4. The zero-order chi connectivity index (χ0) is 11.1. The van der Waals surface area contributed by atoms with Crippen molar-refractivity contribution < 1.29 is 9.53 Å². The van der Waals surface area contributed by atoms with E-state index in [4.69, 9.17) is 4.74 Å². The molecule has 0 radical (unpaired) electrons. The summed E-state index contributed by atoms with van der Waals surface area (Å²) in [5, 5.41) is 2.80. The number of hydrogen-bond acceptors (Lipinski definition) is 3. The minimum atomic E-state index is -0.0479. The van der Waals surface area contributed by atoms with Crippen molar-refractivity contribution in [3.8, 4) is 0 Å². The van der Waals surface area contributed by atoms with E-state index in [1.165, 1.54) is 0 Å². The second-order valence-corrected chi connectivity index (χ2v) is 3.35. The van der Waals surface area contributed by atoms with E-state index < -0.39 is 0 Å². The third-order valence-corrected chi connectivity index (χ3v) is 1.85. The molecule has 15 heavy (non-hydrogen) atoms. The summed E-state index contributed by atoms with van der Waals surface area (Å²) in [6, 6.07) is 3.81. The monoisotopic (exact) mass is 211 g/mol. The second-order valence-electron chi connectivity index (χ2n) is 3.35. The lowest BCUT2D eigenvalue weighted by molar-refractivity contribution is -0.120. The van der Waals surface area contributed by atoms with Gasteiger partial charge in [-0.1, -0.05) is 0 Å². The van der Waals surface area contributed by atoms with Crippen molar-refractivity contribution in [2.24, 2.45) is 0 Å². The van der Waals surface area contributed by atoms with Crippen molar-refractivity contribution in [1.29, 1.82) is 0 Å². The predicted octanol–water partition coefficient (Wildman–Crippen LogP) is 0.183. The van der Waals surface area contributed by atoms with Crippen LogP contribution in [0.4, 0.5) is 0 Å². The molecule has 1 heterocycles. The molecule has 1 aromatic heterocycles. The first kappa shape index (κ1) is 11.6. The SMILES string of the molecule is COCC(C)NC(=O)CNn1cccc1. The van der Waals surface area contributed by atoms with Gasteiger partial charge in [-0.3, -0.25) is 9.47 Å². The van der Waals surface area contributed by atoms with Crippen LogP contribution in [0.15, 0.2) is 24.5 Å². The molecule has 1 unspecified atom stereocenters. The average Bonchev–Trinajstić information content (AvgIpc) is 2.67. The van der Waals surface area contributed by atoms with Crippen molar-refractivity contribution in [1.82, 2.24) is 9.99 Å². The molecule has 0 bridgehead atoms. The second kappa shape index (κ2) is 6.08. The molecule has 1 aromatic rings. The van der Waals surface area contributed by atoms with Gasteiger partial charge in [0.25, 0.3) is 0 Å². The van der Waals surface area contributed by atoms with Crippen LogP contribution < -0.4 is 10.7 Å². The minimum absolute atomic E-state index is 0.0361. The maximum absolute atomic E-state index is 11.4. The fourth-order valence-electron chi connectivity index (χ4n) is 1.22. The summed E-state index contributed by atoms with van der Waals surface area (Å²) in [5.74, 6) is -0.0479. The van der Waals surface area contributed by atoms with Crippen LogP contribution in [0.3, 0.4) is 0 Å². The summed E-state index contributed by atoms with van der Waals surface area (Å²) in [7, 11) is 1.61. The third kappa shape index (κ3) is 4.51. The first-order valence-electron chi connectivity index (χ1n) is 4.87. The standard InChI is InChI=1S/C10H17N3O2/c1-9(8-15-2)12-10(14)7-11-13-5-3-4-6-13/h3-6,9,11H,7-8H2,1-2H3,(H,12,14). The first-order chi connectivity index (χ1) is 7.22. The van der Waals surface area contributed by atoms with Gasteiger partial charge in [0.2, 0.25) is 5.91 Å². The minimum Gasteiger partial charge on any atom is -0.383 e. The Hall–Kier alpha value is -1.49. The molecule has 1 atom stereocenters. The van der Waals surface area contributed by atoms with Gasteiger partial charge in [-0.15, -0.1) is 0 Å². The van der Waals surface area contributed by atoms with Crippen LogP contribution >= 0.6 is 0 Å². The number of ether oxygens (including phenoxy) is 1. The Kier molecular flexibility index (Phi) is 4.70. The number of nitrogens with zero attached hydrogens (tertiary/aromatic N) is 1. The van der Waals surface area contributed by atoms with Crippen molar-refractivity contribution >= 4 is 5.91 Å². The Morgan fingerprint density at radius 1 is 1.47 bits per heavy atom. The average molecular weight is 211 g/mol. The summed E-state index contributed by atoms with van der Waals surface area (Å²) in [5.41, 5.74) is 2.94. The summed E-state index contributed by atoms with van der Waals surface area (Å²) >= 11 is 0. The van der Waals surface area contributed by atoms with Crippen molar-refractivity contribution in [3.63, 3.8) is 0 Å². The molecule has 0 fully saturated rings. The molecule has 0 aliphatic carbocycles. The number of hydrogen-bond donors (Lipinski definition) is 2. The topological polar surface area (TPSA) is 55.3 Å². The van der Waals surface area contributed by atoms with Gasteiger partial charge in [0.1, 0.15) is 6.54 Å². The lowest BCUT2D eigenvalue weighted by Crippen LogP contribution is -2.40. The van der Waals surface area contributed by atoms with Crippen LogP contribution in [0.1, 0.15) is 6.92 Å². The molecule has 0 saturated heterocycles. The molecule has 1 rings (SSSR count). The number of carbonyl (C=O) groups excluding carboxylic acids is 1. The molecule has 2 N–H and O–H groups in total. The number of nitrogens with one attached hydrogen (secondary N) is 2. The molecular formula is C10H17N3O2. The van der Waals surface area contributed by atoms with E-state index in [-0.39, 0.29) is 18.5 Å². The highest BCUT2D eigenvalue weighted by Gasteiger charge is 2.05. The molecule has 0 aliphatic heterocycles. The van der Waals surface area contributed by atoms with Crippen LogP contribution in [0.25, 0.3) is 0 Å². The molecule has 0 aromatic carbocycles. The third-order valence-electron chi connectivity index (χ3n) is 1.85. The Balaban J connectivity index is 2.19. The van der Waals surface area contributed by atoms with Crippen molar-refractivity contribution in [3.05, 3.63) is 24.5 Å². The molecule has 5 nitrogen and oxygen atoms in total. The van der Waals surface area contributed by atoms with Gasteiger partial charge in [0.05, 0.1) is 6.61 Å². The van der Waals surface area contributed by atoms with E-state index in [1.807, 2.05) is 31.5 Å². The number of carbonyl (C=O) groups is 1. The number of aromatic nitrogens is 1. The van der Waals surface area contributed by atoms with Gasteiger partial charge in [0, 0.05) is 25.5 Å². The predicted molar refractivity (Wildman–Crippen MR) is 58.1 cm³/mol. The molecule has 0 saturated carbocycles. The van der Waals surface area contributed by atoms with E-state index in [1.54, 1.807) is 11.8 Å². The van der Waals surface area contributed by atoms with Gasteiger partial charge in [0.15, 0.2) is 0 Å². The molecule has 84 valence electrons. The van der Waals surface area contributed by atoms with Gasteiger partial charge in [-0.25, -0.2) is 0 Å². The number of amides is 1. The quantitative estimate of drug-likeness (QED) is 0.706. The van der Waals surface area contributed by atoms with Crippen LogP contribution in [0.5, 0.6) is 0 Å². The maximum Gasteiger partial charge on any atom is 0.241 e. The summed E-state index contributed by atoms with van der Waals surface area (Å²) < 4.78 is 6.65. The van der Waals surface area contributed by atoms with Crippen LogP contribution in [-0.4, -0.2) is 36.9 Å². The van der Waals surface area contributed by atoms with E-state index in [0.717, 1.165) is 0 Å². The zero-order valence-corrected chi connectivity index (χ0v) is 9.06. The highest BCUT2D eigenvalue weighted by molar-refractivity contribution is 5.79. The lowest BCUT2D eigenvalue weighted by atomic mass is 10.3. The van der Waals surface area contributed by atoms with E-state index in [2.05, 4.69) is 10.7 Å². The van der Waals surface area contributed by atoms with Gasteiger partial charge in [-0.05, 0) is 19.1 Å². The van der Waals surface area contributed by atoms with Crippen LogP contribution in [0.2, 0.25) is 0 Å². The normalized spacial score (nSPS) is 12.1. The molecule has 0 spiro atoms. The molecule has 0 aliphatic rings. The Bertz CT molecular complexity index is 285. The number of methoxy groups -OCH3 is 1. The lowest BCUT2D eigenvalue weighted by Gasteiger charge is -2.13. The van der Waals surface area contributed by atoms with Crippen LogP contribution in [-0.2, 0) is 9.53 Å². The van der Waals surface area contributed by atoms with E-state index in [0.29, 0.717) is 6.61 Å². The fraction of sp³-hybridized carbons (Fsp3) is 0.500. The molecular weight excluding hydrogens is 194 g/mol. The number of rotatable bonds is 6. The molecule has 5 heteroatoms. The van der Waals surface area contributed by atoms with Crippen LogP contribution in [0, 0.1) is 0 Å². The highest BCUT2D eigenvalue weighted by atomic mass is 16.5. The van der Waals surface area contributed by atoms with E-state index >= 15 is 0 Å². The Morgan fingerprint density at radius 2 is 2.13 bits per heavy atom. The highest BCUT2D eigenvalue weighted by Crippen LogP contribution is 1.85. The van der Waals surface area contributed by atoms with Gasteiger partial charge < -0.3 is 15.5 Å². The van der Waals surface area contributed by atoms with Gasteiger partial charge >= 0.3 is 0 Å². The smallest absolute Gasteiger partial charge is 0.241 e. The first-order valence-corrected chi connectivity index (χ1v) is 4.87. The molecule has 1 amide bonds. The zero-order valence-electron chi connectivity index (χ0n) is 9.06. The Morgan fingerprint density at radius 3 is 2.73 bits per heavy atom. The fourth-order valence-corrected chi connectivity index (χ4v) is 1.22. The summed E-state index contributed by atoms with van der Waals surface area (Å²) in [6.45, 7) is 2.68. The van der Waals surface area contributed by atoms with E-state index in [9.17, 15) is 4.79 Å². The van der Waals surface area contributed by atoms with Gasteiger partial charge in [-0.2, -0.15) is 0 Å².